The molecule has 2 aromatic heterocycles. The molecule has 1 aliphatic rings. The predicted molar refractivity (Wildman–Crippen MR) is 304 cm³/mol. The Morgan fingerprint density at radius 1 is 0.500 bits per heavy atom. The number of aryl methyl sites for hydroxylation is 1. The molecule has 358 valence electrons. The average molecular weight is 949 g/mol. The van der Waals surface area contributed by atoms with E-state index < -0.39 is 25.0 Å². The number of nitrogens with zero attached hydrogens (tertiary/aromatic N) is 4. The number of rotatable bonds is 8. The smallest absolute Gasteiger partial charge is 0.137 e. The number of hydrogen-bond acceptors (Lipinski definition) is 4. The molecular weight excluding hydrogens is 877 g/mol. The highest BCUT2D eigenvalue weighted by Crippen LogP contribution is 2.51. The Balaban J connectivity index is 1.02. The molecule has 0 spiro atoms. The molecule has 0 saturated heterocycles. The first kappa shape index (κ1) is 37.9. The average Bonchev–Trinajstić information content (AvgIpc) is 4.05. The lowest BCUT2D eigenvalue weighted by Gasteiger charge is -2.29. The van der Waals surface area contributed by atoms with Crippen molar-refractivity contribution >= 4 is 44.6 Å². The van der Waals surface area contributed by atoms with Crippen molar-refractivity contribution in [2.75, 3.05) is 16.5 Å². The lowest BCUT2D eigenvalue weighted by Crippen LogP contribution is -2.25. The van der Waals surface area contributed by atoms with Gasteiger partial charge in [0.05, 0.1) is 34.9 Å². The second-order valence-electron chi connectivity index (χ2n) is 22.1. The summed E-state index contributed by atoms with van der Waals surface area (Å²) < 4.78 is 78.1. The molecule has 0 unspecified atom stereocenters. The van der Waals surface area contributed by atoms with Crippen LogP contribution in [0.5, 0.6) is 11.5 Å². The molecule has 0 aliphatic carbocycles. The quantitative estimate of drug-likeness (QED) is 0.152. The number of anilines is 4. The Morgan fingerprint density at radius 2 is 1.15 bits per heavy atom. The second-order valence-corrected chi connectivity index (χ2v) is 22.1. The lowest BCUT2D eigenvalue weighted by molar-refractivity contribution is 0.483. The van der Waals surface area contributed by atoms with Gasteiger partial charge in [-0.3, -0.25) is 4.57 Å². The van der Waals surface area contributed by atoms with Gasteiger partial charge < -0.3 is 14.5 Å². The molecule has 0 atom stereocenters. The van der Waals surface area contributed by atoms with Crippen molar-refractivity contribution in [3.63, 3.8) is 0 Å². The summed E-state index contributed by atoms with van der Waals surface area (Å²) >= 11 is 0. The summed E-state index contributed by atoms with van der Waals surface area (Å²) in [4.78, 5) is 9.14. The molecule has 5 nitrogen and oxygen atoms in total. The Hall–Kier alpha value is -7.89. The van der Waals surface area contributed by atoms with Crippen LogP contribution in [-0.2, 0) is 16.2 Å². The van der Waals surface area contributed by atoms with Crippen LogP contribution in [0.25, 0.3) is 61.0 Å². The molecule has 1 aliphatic heterocycles. The third-order valence-electron chi connectivity index (χ3n) is 14.0. The summed E-state index contributed by atoms with van der Waals surface area (Å²) in [7, 11) is 0. The first-order chi connectivity index (χ1) is 37.8. The third-order valence-corrected chi connectivity index (χ3v) is 14.0. The monoisotopic (exact) mass is 949 g/mol. The summed E-state index contributed by atoms with van der Waals surface area (Å²) in [6.07, 6.45) is 1.55. The zero-order valence-electron chi connectivity index (χ0n) is 50.5. The molecule has 0 fully saturated rings. The minimum Gasteiger partial charge on any atom is -0.457 e. The highest BCUT2D eigenvalue weighted by molar-refractivity contribution is 6.11. The summed E-state index contributed by atoms with van der Waals surface area (Å²) in [5.41, 5.74) is 13.0. The highest BCUT2D eigenvalue weighted by Gasteiger charge is 2.32. The number of hydrogen-bond donors (Lipinski definition) is 0. The van der Waals surface area contributed by atoms with Crippen LogP contribution < -0.4 is 14.5 Å². The Labute approximate surface area is 437 Å². The SMILES string of the molecule is [2H]c1c([2H])c([2H])c(-c2cccc(-c3cc(C(C)(C)C)cc(C(C)(C)C)c3)c2N2CN(c3cccc(Oc4ccc5c6cc(-c7ccc(C(C)(C)C)cc7)ccc6n(-c6cc(C([2H])([2H])[2H])ccn6)c5c4)c3)c3ccccc32)c([2H])c1[2H]. The highest BCUT2D eigenvalue weighted by atomic mass is 16.5. The molecular formula is C67H64N4O. The van der Waals surface area contributed by atoms with Gasteiger partial charge in [-0.05, 0) is 128 Å². The minimum absolute atomic E-state index is 0.0193. The number of aromatic nitrogens is 2. The van der Waals surface area contributed by atoms with Crippen molar-refractivity contribution in [2.45, 2.75) is 85.4 Å². The van der Waals surface area contributed by atoms with Crippen LogP contribution in [0, 0.1) is 6.85 Å². The van der Waals surface area contributed by atoms with Crippen LogP contribution in [0.2, 0.25) is 0 Å². The van der Waals surface area contributed by atoms with E-state index in [4.69, 9.17) is 17.9 Å². The molecule has 0 amide bonds. The van der Waals surface area contributed by atoms with Crippen molar-refractivity contribution in [1.82, 2.24) is 9.55 Å². The van der Waals surface area contributed by atoms with Gasteiger partial charge in [-0.15, -0.1) is 0 Å². The Morgan fingerprint density at radius 3 is 1.85 bits per heavy atom. The van der Waals surface area contributed by atoms with Crippen molar-refractivity contribution in [2.24, 2.45) is 0 Å². The van der Waals surface area contributed by atoms with Gasteiger partial charge in [0, 0.05) is 50.0 Å². The van der Waals surface area contributed by atoms with Gasteiger partial charge in [-0.1, -0.05) is 177 Å². The lowest BCUT2D eigenvalue weighted by atomic mass is 9.78. The molecule has 0 radical (unpaired) electrons. The van der Waals surface area contributed by atoms with Gasteiger partial charge in [0.15, 0.2) is 0 Å². The third kappa shape index (κ3) is 8.72. The van der Waals surface area contributed by atoms with E-state index >= 15 is 0 Å². The fraction of sp³-hybridized carbons (Fsp3) is 0.209. The molecule has 3 heterocycles. The van der Waals surface area contributed by atoms with E-state index in [1.165, 1.54) is 11.6 Å². The zero-order valence-corrected chi connectivity index (χ0v) is 42.5. The number of ether oxygens (including phenoxy) is 1. The first-order valence-electron chi connectivity index (χ1n) is 28.7. The summed E-state index contributed by atoms with van der Waals surface area (Å²) in [5, 5.41) is 1.93. The van der Waals surface area contributed by atoms with Crippen LogP contribution in [0.3, 0.4) is 0 Å². The Bertz CT molecular complexity index is 4020. The van der Waals surface area contributed by atoms with E-state index in [9.17, 15) is 2.74 Å². The fourth-order valence-corrected chi connectivity index (χ4v) is 9.97. The van der Waals surface area contributed by atoms with E-state index in [1.54, 1.807) is 12.3 Å². The van der Waals surface area contributed by atoms with Crippen molar-refractivity contribution in [1.29, 1.82) is 0 Å². The molecule has 0 N–H and O–H groups in total. The largest absolute Gasteiger partial charge is 0.457 e. The van der Waals surface area contributed by atoms with Gasteiger partial charge in [0.2, 0.25) is 0 Å². The first-order valence-corrected chi connectivity index (χ1v) is 24.7. The minimum atomic E-state index is -2.33. The number of fused-ring (bicyclic) bond motifs is 4. The summed E-state index contributed by atoms with van der Waals surface area (Å²) in [6.45, 7) is 17.8. The number of benzene rings is 8. The van der Waals surface area contributed by atoms with Crippen molar-refractivity contribution in [3.05, 3.63) is 216 Å². The standard InChI is InChI=1S/C67H64N4O/c1-44-34-35-68-63(36-44)71-59-33-28-47(45-26-29-49(30-27-45)65(2,3)4)39-58(59)57-32-31-54(42-62(57)71)72-53-21-16-20-52(41-53)69-43-70(61-25-15-14-24-60(61)69)64-55(46-18-12-11-13-19-46)22-17-23-56(64)48-37-50(66(5,6)7)40-51(38-48)67(8,9)10/h11-42H,43H2,1-10H3/i1D3,11D,12D,13D,18D,19D. The van der Waals surface area contributed by atoms with Gasteiger partial charge in [-0.2, -0.15) is 0 Å². The van der Waals surface area contributed by atoms with Crippen molar-refractivity contribution in [3.8, 4) is 50.7 Å². The maximum Gasteiger partial charge on any atom is 0.137 e. The van der Waals surface area contributed by atoms with Gasteiger partial charge in [0.25, 0.3) is 0 Å². The molecule has 72 heavy (non-hydrogen) atoms. The van der Waals surface area contributed by atoms with Gasteiger partial charge >= 0.3 is 0 Å². The van der Waals surface area contributed by atoms with E-state index in [-0.39, 0.29) is 39.5 Å². The van der Waals surface area contributed by atoms with E-state index in [1.807, 2.05) is 71.3 Å². The van der Waals surface area contributed by atoms with Crippen LogP contribution in [0.1, 0.15) is 95.5 Å². The fourth-order valence-electron chi connectivity index (χ4n) is 9.97. The molecule has 10 aromatic rings. The topological polar surface area (TPSA) is 33.5 Å². The number of pyridine rings is 1. The van der Waals surface area contributed by atoms with E-state index in [0.29, 0.717) is 35.2 Å². The molecule has 11 rings (SSSR count). The van der Waals surface area contributed by atoms with Gasteiger partial charge in [-0.25, -0.2) is 4.98 Å². The summed E-state index contributed by atoms with van der Waals surface area (Å²) in [5.74, 6) is 1.62. The van der Waals surface area contributed by atoms with E-state index in [0.717, 1.165) is 72.2 Å². The molecule has 8 aromatic carbocycles. The Kier molecular flexibility index (Phi) is 9.34. The normalized spacial score (nSPS) is 14.8. The van der Waals surface area contributed by atoms with Crippen LogP contribution in [0.15, 0.2) is 194 Å². The molecule has 0 saturated carbocycles. The van der Waals surface area contributed by atoms with Crippen LogP contribution in [-0.4, -0.2) is 16.2 Å². The van der Waals surface area contributed by atoms with Crippen LogP contribution in [0.4, 0.5) is 22.7 Å². The van der Waals surface area contributed by atoms with E-state index in [2.05, 4.69) is 151 Å². The van der Waals surface area contributed by atoms with Crippen LogP contribution >= 0.6 is 0 Å². The molecule has 0 bridgehead atoms. The summed E-state index contributed by atoms with van der Waals surface area (Å²) in [6, 6.07) is 51.1. The maximum absolute atomic E-state index is 9.26. The molecule has 5 heteroatoms. The second kappa shape index (κ2) is 17.8. The number of para-hydroxylation sites is 3. The van der Waals surface area contributed by atoms with Gasteiger partial charge in [0.1, 0.15) is 24.0 Å². The predicted octanol–water partition coefficient (Wildman–Crippen LogP) is 18.4. The van der Waals surface area contributed by atoms with Crippen molar-refractivity contribution < 1.29 is 15.7 Å². The maximum atomic E-state index is 9.26. The zero-order chi connectivity index (χ0) is 57.0.